The molecule has 0 aliphatic heterocycles. The van der Waals surface area contributed by atoms with Gasteiger partial charge in [-0.3, -0.25) is 0 Å². The van der Waals surface area contributed by atoms with Gasteiger partial charge >= 0.3 is 0 Å². The minimum absolute atomic E-state index is 0.333. The lowest BCUT2D eigenvalue weighted by atomic mass is 10.2. The number of anilines is 2. The van der Waals surface area contributed by atoms with Crippen LogP contribution in [-0.2, 0) is 0 Å². The van der Waals surface area contributed by atoms with Crippen molar-refractivity contribution >= 4 is 11.8 Å². The third-order valence-electron chi connectivity index (χ3n) is 2.04. The van der Waals surface area contributed by atoms with E-state index in [1.807, 2.05) is 25.1 Å². The van der Waals surface area contributed by atoms with Gasteiger partial charge in [-0.05, 0) is 26.0 Å². The Morgan fingerprint density at radius 1 is 1.53 bits per heavy atom. The molecule has 1 atom stereocenters. The summed E-state index contributed by atoms with van der Waals surface area (Å²) in [7, 11) is 3.84. The lowest BCUT2D eigenvalue weighted by Gasteiger charge is -2.15. The highest BCUT2D eigenvalue weighted by Gasteiger charge is 2.04. The highest BCUT2D eigenvalue weighted by Crippen LogP contribution is 2.09. The van der Waals surface area contributed by atoms with Crippen LogP contribution >= 0.6 is 0 Å². The van der Waals surface area contributed by atoms with Gasteiger partial charge in [0.2, 0.25) is 5.95 Å². The maximum absolute atomic E-state index is 5.48. The molecule has 1 rings (SSSR count). The summed E-state index contributed by atoms with van der Waals surface area (Å²) in [4.78, 5) is 10.4. The quantitative estimate of drug-likeness (QED) is 0.747. The summed E-state index contributed by atoms with van der Waals surface area (Å²) in [6.45, 7) is 2.77. The van der Waals surface area contributed by atoms with Crippen LogP contribution in [0.4, 0.5) is 11.8 Å². The van der Waals surface area contributed by atoms with E-state index in [4.69, 9.17) is 5.73 Å². The SMILES string of the molecule is CC(CCN)Nc1ccnc(N(C)C)n1. The van der Waals surface area contributed by atoms with Crippen molar-refractivity contribution in [2.75, 3.05) is 30.9 Å². The highest BCUT2D eigenvalue weighted by atomic mass is 15.2. The molecule has 0 radical (unpaired) electrons. The fourth-order valence-corrected chi connectivity index (χ4v) is 1.22. The Balaban J connectivity index is 2.65. The number of aromatic nitrogens is 2. The Hall–Kier alpha value is -1.36. The van der Waals surface area contributed by atoms with Gasteiger partial charge in [-0.2, -0.15) is 4.98 Å². The largest absolute Gasteiger partial charge is 0.367 e. The van der Waals surface area contributed by atoms with Crippen molar-refractivity contribution in [2.24, 2.45) is 5.73 Å². The van der Waals surface area contributed by atoms with Gasteiger partial charge in [0.05, 0.1) is 0 Å². The zero-order valence-corrected chi connectivity index (χ0v) is 9.57. The summed E-state index contributed by atoms with van der Waals surface area (Å²) in [6, 6.07) is 2.19. The van der Waals surface area contributed by atoms with Crippen LogP contribution in [0, 0.1) is 0 Å². The molecule has 0 amide bonds. The van der Waals surface area contributed by atoms with Crippen LogP contribution in [-0.4, -0.2) is 36.6 Å². The van der Waals surface area contributed by atoms with Crippen LogP contribution in [0.25, 0.3) is 0 Å². The molecule has 5 heteroatoms. The lowest BCUT2D eigenvalue weighted by Crippen LogP contribution is -2.21. The molecule has 0 aliphatic rings. The second-order valence-corrected chi connectivity index (χ2v) is 3.76. The van der Waals surface area contributed by atoms with E-state index in [1.165, 1.54) is 0 Å². The van der Waals surface area contributed by atoms with E-state index < -0.39 is 0 Å². The minimum atomic E-state index is 0.333. The fourth-order valence-electron chi connectivity index (χ4n) is 1.22. The van der Waals surface area contributed by atoms with Crippen molar-refractivity contribution in [3.05, 3.63) is 12.3 Å². The average Bonchev–Trinajstić information content (AvgIpc) is 2.18. The molecule has 1 heterocycles. The van der Waals surface area contributed by atoms with Gasteiger partial charge in [-0.25, -0.2) is 4.98 Å². The van der Waals surface area contributed by atoms with Crippen LogP contribution in [0.3, 0.4) is 0 Å². The van der Waals surface area contributed by atoms with Crippen LogP contribution < -0.4 is 16.0 Å². The van der Waals surface area contributed by atoms with Crippen molar-refractivity contribution in [1.29, 1.82) is 0 Å². The van der Waals surface area contributed by atoms with Crippen LogP contribution in [0.15, 0.2) is 12.3 Å². The summed E-state index contributed by atoms with van der Waals surface area (Å²) < 4.78 is 0. The molecule has 0 aliphatic carbocycles. The molecule has 1 aromatic rings. The maximum atomic E-state index is 5.48. The first-order valence-electron chi connectivity index (χ1n) is 5.10. The number of hydrogen-bond acceptors (Lipinski definition) is 5. The van der Waals surface area contributed by atoms with E-state index in [0.29, 0.717) is 18.5 Å². The monoisotopic (exact) mass is 209 g/mol. The minimum Gasteiger partial charge on any atom is -0.367 e. The molecular weight excluding hydrogens is 190 g/mol. The Labute approximate surface area is 90.7 Å². The molecule has 84 valence electrons. The highest BCUT2D eigenvalue weighted by molar-refractivity contribution is 5.40. The molecule has 0 saturated heterocycles. The zero-order valence-electron chi connectivity index (χ0n) is 9.57. The molecule has 0 fully saturated rings. The summed E-state index contributed by atoms with van der Waals surface area (Å²) in [5, 5.41) is 3.28. The smallest absolute Gasteiger partial charge is 0.226 e. The summed E-state index contributed by atoms with van der Waals surface area (Å²) in [5.41, 5.74) is 5.48. The number of nitrogens with one attached hydrogen (secondary N) is 1. The molecular formula is C10H19N5. The van der Waals surface area contributed by atoms with Gasteiger partial charge in [0.25, 0.3) is 0 Å². The van der Waals surface area contributed by atoms with Gasteiger partial charge in [0.1, 0.15) is 5.82 Å². The predicted molar refractivity (Wildman–Crippen MR) is 63.1 cm³/mol. The molecule has 0 spiro atoms. The first kappa shape index (κ1) is 11.7. The second kappa shape index (κ2) is 5.50. The van der Waals surface area contributed by atoms with E-state index in [9.17, 15) is 0 Å². The van der Waals surface area contributed by atoms with Gasteiger partial charge in [-0.15, -0.1) is 0 Å². The normalized spacial score (nSPS) is 12.3. The molecule has 5 nitrogen and oxygen atoms in total. The topological polar surface area (TPSA) is 67.1 Å². The number of rotatable bonds is 5. The van der Waals surface area contributed by atoms with Crippen molar-refractivity contribution in [3.63, 3.8) is 0 Å². The van der Waals surface area contributed by atoms with Gasteiger partial charge in [0.15, 0.2) is 0 Å². The van der Waals surface area contributed by atoms with E-state index in [-0.39, 0.29) is 0 Å². The van der Waals surface area contributed by atoms with E-state index in [1.54, 1.807) is 6.20 Å². The summed E-state index contributed by atoms with van der Waals surface area (Å²) >= 11 is 0. The second-order valence-electron chi connectivity index (χ2n) is 3.76. The average molecular weight is 209 g/mol. The van der Waals surface area contributed by atoms with Crippen LogP contribution in [0.5, 0.6) is 0 Å². The Morgan fingerprint density at radius 3 is 2.87 bits per heavy atom. The zero-order chi connectivity index (χ0) is 11.3. The van der Waals surface area contributed by atoms with E-state index in [0.717, 1.165) is 12.2 Å². The van der Waals surface area contributed by atoms with Crippen LogP contribution in [0.1, 0.15) is 13.3 Å². The number of nitrogens with zero attached hydrogens (tertiary/aromatic N) is 3. The molecule has 1 unspecified atom stereocenters. The van der Waals surface area contributed by atoms with Crippen molar-refractivity contribution in [3.8, 4) is 0 Å². The van der Waals surface area contributed by atoms with Crippen molar-refractivity contribution in [1.82, 2.24) is 9.97 Å². The molecule has 0 saturated carbocycles. The van der Waals surface area contributed by atoms with Gasteiger partial charge in [0, 0.05) is 26.3 Å². The predicted octanol–water partition coefficient (Wildman–Crippen LogP) is 0.692. The fraction of sp³-hybridized carbons (Fsp3) is 0.600. The van der Waals surface area contributed by atoms with E-state index in [2.05, 4.69) is 22.2 Å². The maximum Gasteiger partial charge on any atom is 0.226 e. The van der Waals surface area contributed by atoms with Gasteiger partial charge < -0.3 is 16.0 Å². The Kier molecular flexibility index (Phi) is 4.30. The number of hydrogen-bond donors (Lipinski definition) is 2. The first-order valence-corrected chi connectivity index (χ1v) is 5.10. The van der Waals surface area contributed by atoms with Crippen LogP contribution in [0.2, 0.25) is 0 Å². The number of nitrogens with two attached hydrogens (primary N) is 1. The molecule has 3 N–H and O–H groups in total. The van der Waals surface area contributed by atoms with Crippen molar-refractivity contribution in [2.45, 2.75) is 19.4 Å². The van der Waals surface area contributed by atoms with Crippen molar-refractivity contribution < 1.29 is 0 Å². The molecule has 0 bridgehead atoms. The summed E-state index contributed by atoms with van der Waals surface area (Å²) in [6.07, 6.45) is 2.68. The first-order chi connectivity index (χ1) is 7.13. The standard InChI is InChI=1S/C10H19N5/c1-8(4-6-11)13-9-5-7-12-10(14-9)15(2)3/h5,7-8H,4,6,11H2,1-3H3,(H,12,13,14). The molecule has 0 aromatic carbocycles. The summed E-state index contributed by atoms with van der Waals surface area (Å²) in [5.74, 6) is 1.55. The van der Waals surface area contributed by atoms with Gasteiger partial charge in [-0.1, -0.05) is 0 Å². The lowest BCUT2D eigenvalue weighted by molar-refractivity contribution is 0.713. The van der Waals surface area contributed by atoms with E-state index >= 15 is 0 Å². The molecule has 15 heavy (non-hydrogen) atoms. The Morgan fingerprint density at radius 2 is 2.27 bits per heavy atom. The third-order valence-corrected chi connectivity index (χ3v) is 2.04. The Bertz CT molecular complexity index is 300. The molecule has 1 aromatic heterocycles. The third kappa shape index (κ3) is 3.71.